The zero-order valence-electron chi connectivity index (χ0n) is 19.6. The average Bonchev–Trinajstić information content (AvgIpc) is 3.38. The third-order valence-corrected chi connectivity index (χ3v) is 7.60. The van der Waals surface area contributed by atoms with E-state index in [4.69, 9.17) is 26.7 Å². The van der Waals surface area contributed by atoms with Crippen molar-refractivity contribution in [3.8, 4) is 0 Å². The Morgan fingerprint density at radius 1 is 1.24 bits per heavy atom. The lowest BCUT2D eigenvalue weighted by atomic mass is 9.98. The third kappa shape index (κ3) is 6.44. The summed E-state index contributed by atoms with van der Waals surface area (Å²) in [6.45, 7) is 6.39. The van der Waals surface area contributed by atoms with Crippen LogP contribution in [-0.2, 0) is 9.47 Å². The maximum absolute atomic E-state index is 13.0. The Bertz CT molecular complexity index is 956. The van der Waals surface area contributed by atoms with E-state index in [1.54, 1.807) is 18.4 Å². The van der Waals surface area contributed by atoms with Crippen molar-refractivity contribution in [2.45, 2.75) is 25.2 Å². The van der Waals surface area contributed by atoms with Crippen LogP contribution in [0.1, 0.15) is 40.7 Å². The smallest absolute Gasteiger partial charge is 0.275 e. The van der Waals surface area contributed by atoms with Crippen molar-refractivity contribution < 1.29 is 14.3 Å². The first-order valence-corrected chi connectivity index (χ1v) is 13.1. The summed E-state index contributed by atoms with van der Waals surface area (Å²) < 4.78 is 10.5. The van der Waals surface area contributed by atoms with Crippen LogP contribution in [0.25, 0.3) is 0 Å². The number of nitrogens with zero attached hydrogens (tertiary/aromatic N) is 3. The second kappa shape index (κ2) is 12.4. The van der Waals surface area contributed by atoms with Gasteiger partial charge in [-0.1, -0.05) is 12.1 Å². The highest BCUT2D eigenvalue weighted by Crippen LogP contribution is 2.31. The molecule has 10 heteroatoms. The van der Waals surface area contributed by atoms with Crippen LogP contribution in [0.2, 0.25) is 0 Å². The van der Waals surface area contributed by atoms with Crippen LogP contribution in [0.15, 0.2) is 29.6 Å². The molecular weight excluding hydrogens is 470 g/mol. The fourth-order valence-electron chi connectivity index (χ4n) is 4.28. The van der Waals surface area contributed by atoms with E-state index in [1.807, 2.05) is 29.6 Å². The molecule has 8 nitrogen and oxygen atoms in total. The second-order valence-corrected chi connectivity index (χ2v) is 9.76. The van der Waals surface area contributed by atoms with Gasteiger partial charge < -0.3 is 29.9 Å². The Morgan fingerprint density at radius 2 is 2.00 bits per heavy atom. The van der Waals surface area contributed by atoms with Gasteiger partial charge in [-0.15, -0.1) is 11.3 Å². The van der Waals surface area contributed by atoms with E-state index >= 15 is 0 Å². The van der Waals surface area contributed by atoms with Gasteiger partial charge in [0.25, 0.3) is 5.91 Å². The van der Waals surface area contributed by atoms with E-state index in [0.29, 0.717) is 24.8 Å². The lowest BCUT2D eigenvalue weighted by Gasteiger charge is -2.33. The first-order valence-electron chi connectivity index (χ1n) is 11.9. The van der Waals surface area contributed by atoms with E-state index in [0.717, 1.165) is 80.1 Å². The highest BCUT2D eigenvalue weighted by atomic mass is 32.1. The first kappa shape index (κ1) is 24.8. The van der Waals surface area contributed by atoms with Gasteiger partial charge in [0.15, 0.2) is 5.11 Å². The Hall–Kier alpha value is -2.27. The van der Waals surface area contributed by atoms with E-state index in [1.165, 1.54) is 0 Å². The number of ether oxygens (including phenoxy) is 2. The number of thiocarbonyl (C=S) groups is 1. The Morgan fingerprint density at radius 3 is 2.76 bits per heavy atom. The number of hydrogen-bond donors (Lipinski definition) is 2. The van der Waals surface area contributed by atoms with Crippen LogP contribution < -0.4 is 15.5 Å². The molecule has 0 spiro atoms. The van der Waals surface area contributed by atoms with Crippen molar-refractivity contribution in [3.63, 3.8) is 0 Å². The molecule has 2 N–H and O–H groups in total. The molecule has 1 amide bonds. The van der Waals surface area contributed by atoms with Crippen molar-refractivity contribution in [1.29, 1.82) is 0 Å². The molecule has 2 fully saturated rings. The number of carbonyl (C=O) groups excluding carboxylic acids is 1. The summed E-state index contributed by atoms with van der Waals surface area (Å²) >= 11 is 7.11. The van der Waals surface area contributed by atoms with Crippen molar-refractivity contribution in [2.24, 2.45) is 0 Å². The van der Waals surface area contributed by atoms with Gasteiger partial charge in [-0.2, -0.15) is 0 Å². The fourth-order valence-corrected chi connectivity index (χ4v) is 5.53. The normalized spacial score (nSPS) is 17.0. The summed E-state index contributed by atoms with van der Waals surface area (Å²) in [6.07, 6.45) is 2.90. The summed E-state index contributed by atoms with van der Waals surface area (Å²) in [5.41, 5.74) is 2.31. The molecule has 34 heavy (non-hydrogen) atoms. The number of hydrogen-bond acceptors (Lipinski definition) is 7. The second-order valence-electron chi connectivity index (χ2n) is 8.48. The first-order chi connectivity index (χ1) is 16.7. The number of thiazole rings is 1. The number of benzene rings is 1. The standard InChI is InChI=1S/C24H33N5O3S2/c1-31-14-4-9-25-24(33)29-10-7-18(8-11-29)23-27-20(17-34-23)22(30)26-19-5-2-3-6-21(19)28-12-15-32-16-13-28/h2-3,5-6,17-18H,4,7-16H2,1H3,(H,25,33)(H,26,30). The van der Waals surface area contributed by atoms with E-state index < -0.39 is 0 Å². The van der Waals surface area contributed by atoms with Crippen LogP contribution >= 0.6 is 23.6 Å². The molecule has 0 radical (unpaired) electrons. The Balaban J connectivity index is 1.30. The van der Waals surface area contributed by atoms with Crippen LogP contribution in [0.5, 0.6) is 0 Å². The SMILES string of the molecule is COCCCNC(=S)N1CCC(c2nc(C(=O)Nc3ccccc3N3CCOCC3)cs2)CC1. The Kier molecular flexibility index (Phi) is 9.09. The molecule has 0 bridgehead atoms. The summed E-state index contributed by atoms with van der Waals surface area (Å²) in [7, 11) is 1.71. The molecule has 0 unspecified atom stereocenters. The molecule has 0 atom stereocenters. The minimum absolute atomic E-state index is 0.165. The molecule has 2 aromatic rings. The number of nitrogens with one attached hydrogen (secondary N) is 2. The van der Waals surface area contributed by atoms with Crippen LogP contribution in [0.4, 0.5) is 11.4 Å². The molecule has 184 valence electrons. The third-order valence-electron chi connectivity index (χ3n) is 6.19. The maximum Gasteiger partial charge on any atom is 0.275 e. The van der Waals surface area contributed by atoms with Crippen LogP contribution in [0, 0.1) is 0 Å². The summed E-state index contributed by atoms with van der Waals surface area (Å²) in [5, 5.41) is 10.1. The predicted octanol–water partition coefficient (Wildman–Crippen LogP) is 3.32. The minimum atomic E-state index is -0.165. The lowest BCUT2D eigenvalue weighted by molar-refractivity contribution is 0.102. The molecule has 1 aromatic heterocycles. The number of amides is 1. The predicted molar refractivity (Wildman–Crippen MR) is 140 cm³/mol. The number of anilines is 2. The van der Waals surface area contributed by atoms with Crippen molar-refractivity contribution >= 4 is 45.9 Å². The quantitative estimate of drug-likeness (QED) is 0.420. The molecule has 2 saturated heterocycles. The number of aromatic nitrogens is 1. The highest BCUT2D eigenvalue weighted by Gasteiger charge is 2.25. The van der Waals surface area contributed by atoms with E-state index in [-0.39, 0.29) is 5.91 Å². The van der Waals surface area contributed by atoms with Gasteiger partial charge in [-0.05, 0) is 43.6 Å². The number of likely N-dealkylation sites (tertiary alicyclic amines) is 1. The van der Waals surface area contributed by atoms with E-state index in [2.05, 4.69) is 20.4 Å². The maximum atomic E-state index is 13.0. The molecule has 3 heterocycles. The summed E-state index contributed by atoms with van der Waals surface area (Å²) in [5.74, 6) is 0.196. The van der Waals surface area contributed by atoms with Crippen molar-refractivity contribution in [1.82, 2.24) is 15.2 Å². The number of para-hydroxylation sites is 2. The fraction of sp³-hybridized carbons (Fsp3) is 0.542. The zero-order chi connectivity index (χ0) is 23.8. The topological polar surface area (TPSA) is 79.0 Å². The number of rotatable bonds is 8. The van der Waals surface area contributed by atoms with Gasteiger partial charge >= 0.3 is 0 Å². The van der Waals surface area contributed by atoms with Crippen molar-refractivity contribution in [3.05, 3.63) is 40.3 Å². The van der Waals surface area contributed by atoms with Crippen molar-refractivity contribution in [2.75, 3.05) is 69.9 Å². The van der Waals surface area contributed by atoms with Gasteiger partial charge in [0.05, 0.1) is 29.6 Å². The number of carbonyl (C=O) groups is 1. The minimum Gasteiger partial charge on any atom is -0.385 e. The average molecular weight is 504 g/mol. The largest absolute Gasteiger partial charge is 0.385 e. The van der Waals surface area contributed by atoms with Crippen LogP contribution in [-0.4, -0.2) is 80.6 Å². The molecule has 0 aliphatic carbocycles. The van der Waals surface area contributed by atoms with E-state index in [9.17, 15) is 4.79 Å². The molecule has 4 rings (SSSR count). The molecule has 2 aliphatic heterocycles. The lowest BCUT2D eigenvalue weighted by Crippen LogP contribution is -2.44. The zero-order valence-corrected chi connectivity index (χ0v) is 21.3. The summed E-state index contributed by atoms with van der Waals surface area (Å²) in [4.78, 5) is 22.2. The van der Waals surface area contributed by atoms with Gasteiger partial charge in [0.2, 0.25) is 0 Å². The summed E-state index contributed by atoms with van der Waals surface area (Å²) in [6, 6.07) is 7.92. The highest BCUT2D eigenvalue weighted by molar-refractivity contribution is 7.80. The molecule has 2 aliphatic rings. The molecule has 0 saturated carbocycles. The van der Waals surface area contributed by atoms with Gasteiger partial charge in [0, 0.05) is 57.7 Å². The van der Waals surface area contributed by atoms with Crippen LogP contribution in [0.3, 0.4) is 0 Å². The number of piperidine rings is 1. The van der Waals surface area contributed by atoms with Gasteiger partial charge in [-0.25, -0.2) is 4.98 Å². The number of methoxy groups -OCH3 is 1. The van der Waals surface area contributed by atoms with Gasteiger partial charge in [0.1, 0.15) is 5.69 Å². The monoisotopic (exact) mass is 503 g/mol. The Labute approximate surface area is 210 Å². The number of morpholine rings is 1. The molecular formula is C24H33N5O3S2. The van der Waals surface area contributed by atoms with Gasteiger partial charge in [-0.3, -0.25) is 4.79 Å². The molecule has 1 aromatic carbocycles.